The van der Waals surface area contributed by atoms with Crippen molar-refractivity contribution in [3.8, 4) is 0 Å². The van der Waals surface area contributed by atoms with Crippen molar-refractivity contribution in [3.63, 3.8) is 0 Å². The molecule has 126 valence electrons. The highest BCUT2D eigenvalue weighted by Gasteiger charge is 2.60. The van der Waals surface area contributed by atoms with Crippen LogP contribution in [0.15, 0.2) is 35.6 Å². The Kier molecular flexibility index (Phi) is 3.59. The lowest BCUT2D eigenvalue weighted by Gasteiger charge is -2.54. The lowest BCUT2D eigenvalue weighted by atomic mass is 9.53. The molecule has 0 aromatic carbocycles. The monoisotopic (exact) mass is 320 g/mol. The maximum atomic E-state index is 12.7. The van der Waals surface area contributed by atoms with Gasteiger partial charge in [0.2, 0.25) is 5.78 Å². The number of carbonyl (C=O) groups is 1. The van der Waals surface area contributed by atoms with Crippen LogP contribution in [0.5, 0.6) is 0 Å². The van der Waals surface area contributed by atoms with Crippen LogP contribution < -0.4 is 0 Å². The molecule has 3 aliphatic rings. The van der Waals surface area contributed by atoms with Gasteiger partial charge in [-0.1, -0.05) is 26.0 Å². The Labute approximate surface area is 135 Å². The van der Waals surface area contributed by atoms with Gasteiger partial charge in [0.1, 0.15) is 5.60 Å². The molecular formula is C18H24O5. The second kappa shape index (κ2) is 5.03. The summed E-state index contributed by atoms with van der Waals surface area (Å²) in [6.45, 7) is 7.19. The van der Waals surface area contributed by atoms with Crippen LogP contribution in [-0.2, 0) is 4.79 Å². The van der Waals surface area contributed by atoms with Gasteiger partial charge in [0, 0.05) is 16.9 Å². The molecule has 1 fully saturated rings. The second-order valence-corrected chi connectivity index (χ2v) is 7.52. The molecule has 0 heterocycles. The normalized spacial score (nSPS) is 42.7. The first kappa shape index (κ1) is 16.4. The maximum absolute atomic E-state index is 12.7. The largest absolute Gasteiger partial charge is 0.504 e. The molecule has 3 unspecified atom stereocenters. The van der Waals surface area contributed by atoms with E-state index in [0.29, 0.717) is 18.4 Å². The number of ketones is 1. The van der Waals surface area contributed by atoms with Gasteiger partial charge in [-0.3, -0.25) is 4.79 Å². The molecular weight excluding hydrogens is 296 g/mol. The van der Waals surface area contributed by atoms with Gasteiger partial charge in [-0.2, -0.15) is 0 Å². The van der Waals surface area contributed by atoms with Gasteiger partial charge in [0.05, 0.1) is 12.2 Å². The average molecular weight is 320 g/mol. The van der Waals surface area contributed by atoms with E-state index in [-0.39, 0.29) is 17.9 Å². The summed E-state index contributed by atoms with van der Waals surface area (Å²) in [4.78, 5) is 12.7. The molecule has 1 saturated carbocycles. The fourth-order valence-electron chi connectivity index (χ4n) is 4.49. The van der Waals surface area contributed by atoms with Gasteiger partial charge in [-0.25, -0.2) is 0 Å². The highest BCUT2D eigenvalue weighted by molar-refractivity contribution is 6.10. The summed E-state index contributed by atoms with van der Waals surface area (Å²) < 4.78 is 0. The summed E-state index contributed by atoms with van der Waals surface area (Å²) in [7, 11) is 0. The average Bonchev–Trinajstić information content (AvgIpc) is 2.49. The zero-order valence-corrected chi connectivity index (χ0v) is 13.5. The van der Waals surface area contributed by atoms with Crippen LogP contribution in [0.25, 0.3) is 0 Å². The number of hydrogen-bond acceptors (Lipinski definition) is 5. The lowest BCUT2D eigenvalue weighted by Crippen LogP contribution is -2.61. The quantitative estimate of drug-likeness (QED) is 0.548. The Morgan fingerprint density at radius 1 is 1.26 bits per heavy atom. The summed E-state index contributed by atoms with van der Waals surface area (Å²) in [6, 6.07) is 0. The van der Waals surface area contributed by atoms with Crippen LogP contribution in [-0.4, -0.2) is 44.0 Å². The Morgan fingerprint density at radius 3 is 2.52 bits per heavy atom. The zero-order valence-electron chi connectivity index (χ0n) is 13.5. The minimum Gasteiger partial charge on any atom is -0.504 e. The predicted molar refractivity (Wildman–Crippen MR) is 84.5 cm³/mol. The molecule has 0 aliphatic heterocycles. The molecule has 0 amide bonds. The molecule has 0 aromatic rings. The predicted octanol–water partition coefficient (Wildman–Crippen LogP) is 1.40. The molecule has 5 nitrogen and oxygen atoms in total. The van der Waals surface area contributed by atoms with E-state index in [0.717, 1.165) is 0 Å². The first-order valence-corrected chi connectivity index (χ1v) is 8.07. The Balaban J connectivity index is 2.24. The van der Waals surface area contributed by atoms with Gasteiger partial charge in [0.15, 0.2) is 5.76 Å². The van der Waals surface area contributed by atoms with Crippen molar-refractivity contribution in [1.82, 2.24) is 0 Å². The topological polar surface area (TPSA) is 98.0 Å². The number of aliphatic hydroxyl groups is 4. The number of allylic oxidation sites excluding steroid dienone is 3. The molecule has 0 aromatic heterocycles. The van der Waals surface area contributed by atoms with E-state index >= 15 is 0 Å². The van der Waals surface area contributed by atoms with Crippen molar-refractivity contribution in [2.45, 2.75) is 50.9 Å². The number of Topliss-reactive ketones (excluding diaryl/α,β-unsaturated/α-hetero) is 1. The van der Waals surface area contributed by atoms with Gasteiger partial charge >= 0.3 is 0 Å². The molecule has 5 atom stereocenters. The summed E-state index contributed by atoms with van der Waals surface area (Å²) in [5.41, 5.74) is -2.13. The highest BCUT2D eigenvalue weighted by atomic mass is 16.3. The van der Waals surface area contributed by atoms with E-state index in [1.165, 1.54) is 0 Å². The lowest BCUT2D eigenvalue weighted by molar-refractivity contribution is -0.137. The van der Waals surface area contributed by atoms with E-state index in [1.807, 2.05) is 0 Å². The Bertz CT molecular complexity index is 629. The zero-order chi connectivity index (χ0) is 17.2. The van der Waals surface area contributed by atoms with Crippen LogP contribution in [0.4, 0.5) is 0 Å². The van der Waals surface area contributed by atoms with E-state index in [4.69, 9.17) is 0 Å². The first-order valence-electron chi connectivity index (χ1n) is 8.07. The molecule has 0 radical (unpaired) electrons. The molecule has 5 heteroatoms. The highest BCUT2D eigenvalue weighted by Crippen LogP contribution is 2.56. The second-order valence-electron chi connectivity index (χ2n) is 7.52. The molecule has 3 aliphatic carbocycles. The van der Waals surface area contributed by atoms with Gasteiger partial charge in [-0.05, 0) is 30.8 Å². The molecule has 0 spiro atoms. The Hall–Kier alpha value is -1.43. The summed E-state index contributed by atoms with van der Waals surface area (Å²) >= 11 is 0. The van der Waals surface area contributed by atoms with Gasteiger partial charge < -0.3 is 20.4 Å². The van der Waals surface area contributed by atoms with Crippen LogP contribution in [0.3, 0.4) is 0 Å². The number of hydrogen-bond donors (Lipinski definition) is 4. The molecule has 3 rings (SSSR count). The summed E-state index contributed by atoms with van der Waals surface area (Å²) in [5.74, 6) is -1.86. The minimum absolute atomic E-state index is 0.0552. The SMILES string of the molecule is C=CC1C=C2C(=O)C(O)=C3C(CCC(O)C3(C)C)[C@@]2(O)[C@H](O)C1. The third-order valence-corrected chi connectivity index (χ3v) is 5.97. The molecule has 0 saturated heterocycles. The number of carbonyl (C=O) groups excluding carboxylic acids is 1. The third-order valence-electron chi connectivity index (χ3n) is 5.97. The van der Waals surface area contributed by atoms with E-state index in [9.17, 15) is 25.2 Å². The van der Waals surface area contributed by atoms with E-state index in [1.54, 1.807) is 26.0 Å². The van der Waals surface area contributed by atoms with Crippen molar-refractivity contribution >= 4 is 5.78 Å². The van der Waals surface area contributed by atoms with Crippen LogP contribution in [0, 0.1) is 17.3 Å². The van der Waals surface area contributed by atoms with Gasteiger partial charge in [-0.15, -0.1) is 6.58 Å². The molecule has 0 bridgehead atoms. The summed E-state index contributed by atoms with van der Waals surface area (Å²) in [5, 5.41) is 42.6. The third kappa shape index (κ3) is 2.00. The fourth-order valence-corrected chi connectivity index (χ4v) is 4.49. The van der Waals surface area contributed by atoms with E-state index in [2.05, 4.69) is 6.58 Å². The van der Waals surface area contributed by atoms with Crippen molar-refractivity contribution < 1.29 is 25.2 Å². The minimum atomic E-state index is -1.71. The first-order chi connectivity index (χ1) is 10.7. The summed E-state index contributed by atoms with van der Waals surface area (Å²) in [6.07, 6.45) is 2.52. The Morgan fingerprint density at radius 2 is 1.91 bits per heavy atom. The van der Waals surface area contributed by atoms with E-state index < -0.39 is 40.7 Å². The maximum Gasteiger partial charge on any atom is 0.225 e. The van der Waals surface area contributed by atoms with Crippen LogP contribution in [0.2, 0.25) is 0 Å². The van der Waals surface area contributed by atoms with Crippen molar-refractivity contribution in [1.29, 1.82) is 0 Å². The standard InChI is InChI=1S/C18H24O5/c1-4-9-7-11-15(21)16(22)14-10(18(11,23)13(20)8-9)5-6-12(19)17(14,2)3/h4,7,9-10,12-13,19-20,22-23H,1,5-6,8H2,2-3H3/t9?,10?,12?,13-,18+/m1/s1. The van der Waals surface area contributed by atoms with Gasteiger partial charge in [0.25, 0.3) is 0 Å². The smallest absolute Gasteiger partial charge is 0.225 e. The van der Waals surface area contributed by atoms with Crippen LogP contribution in [0.1, 0.15) is 33.1 Å². The molecule has 23 heavy (non-hydrogen) atoms. The van der Waals surface area contributed by atoms with Crippen LogP contribution >= 0.6 is 0 Å². The fraction of sp³-hybridized carbons (Fsp3) is 0.611. The van der Waals surface area contributed by atoms with Crippen molar-refractivity contribution in [2.75, 3.05) is 0 Å². The number of rotatable bonds is 1. The van der Waals surface area contributed by atoms with Crippen molar-refractivity contribution in [2.24, 2.45) is 17.3 Å². The molecule has 4 N–H and O–H groups in total. The van der Waals surface area contributed by atoms with Crippen molar-refractivity contribution in [3.05, 3.63) is 35.6 Å². The number of fused-ring (bicyclic) bond motifs is 3. The number of aliphatic hydroxyl groups excluding tert-OH is 3.